The molecule has 0 heterocycles. The number of benzene rings is 1. The van der Waals surface area contributed by atoms with Crippen LogP contribution in [-0.4, -0.2) is 26.7 Å². The summed E-state index contributed by atoms with van der Waals surface area (Å²) in [6, 6.07) is 4.97. The molecule has 16 heavy (non-hydrogen) atoms. The van der Waals surface area contributed by atoms with Crippen molar-refractivity contribution in [1.82, 2.24) is 5.32 Å². The Kier molecular flexibility index (Phi) is 3.92. The summed E-state index contributed by atoms with van der Waals surface area (Å²) >= 11 is 0. The fraction of sp³-hybridized carbons (Fsp3) is 0.538. The fourth-order valence-electron chi connectivity index (χ4n) is 1.67. The predicted octanol–water partition coefficient (Wildman–Crippen LogP) is 2.43. The molecule has 0 bridgehead atoms. The summed E-state index contributed by atoms with van der Waals surface area (Å²) in [5, 5.41) is 3.26. The maximum atomic E-state index is 13.2. The second kappa shape index (κ2) is 4.83. The molecule has 1 rings (SSSR count). The van der Waals surface area contributed by atoms with Crippen molar-refractivity contribution >= 4 is 5.69 Å². The molecule has 0 saturated carbocycles. The van der Waals surface area contributed by atoms with Gasteiger partial charge in [-0.2, -0.15) is 0 Å². The quantitative estimate of drug-likeness (QED) is 0.845. The molecule has 0 aliphatic carbocycles. The third-order valence-electron chi connectivity index (χ3n) is 2.84. The van der Waals surface area contributed by atoms with E-state index in [2.05, 4.69) is 19.2 Å². The van der Waals surface area contributed by atoms with Crippen molar-refractivity contribution in [3.8, 4) is 0 Å². The highest BCUT2D eigenvalue weighted by molar-refractivity contribution is 5.53. The van der Waals surface area contributed by atoms with Gasteiger partial charge in [0.15, 0.2) is 0 Å². The van der Waals surface area contributed by atoms with Crippen LogP contribution in [0.1, 0.15) is 19.4 Å². The van der Waals surface area contributed by atoms with Crippen LogP contribution < -0.4 is 10.2 Å². The SMILES string of the molecule is CNC(C)(C)Cc1ccc(F)cc1N(C)C. The third-order valence-corrected chi connectivity index (χ3v) is 2.84. The van der Waals surface area contributed by atoms with Crippen LogP contribution in [0.15, 0.2) is 18.2 Å². The molecule has 0 unspecified atom stereocenters. The Morgan fingerprint density at radius 3 is 2.44 bits per heavy atom. The lowest BCUT2D eigenvalue weighted by molar-refractivity contribution is 0.422. The van der Waals surface area contributed by atoms with E-state index in [1.165, 1.54) is 6.07 Å². The van der Waals surface area contributed by atoms with Gasteiger partial charge < -0.3 is 10.2 Å². The van der Waals surface area contributed by atoms with Crippen molar-refractivity contribution in [3.63, 3.8) is 0 Å². The number of nitrogens with zero attached hydrogens (tertiary/aromatic N) is 1. The van der Waals surface area contributed by atoms with Gasteiger partial charge in [0.2, 0.25) is 0 Å². The van der Waals surface area contributed by atoms with Crippen molar-refractivity contribution < 1.29 is 4.39 Å². The predicted molar refractivity (Wildman–Crippen MR) is 67.6 cm³/mol. The molecule has 1 aromatic rings. The zero-order valence-corrected chi connectivity index (χ0v) is 10.8. The van der Waals surface area contributed by atoms with Crippen molar-refractivity contribution in [2.24, 2.45) is 0 Å². The largest absolute Gasteiger partial charge is 0.377 e. The molecule has 1 aromatic carbocycles. The van der Waals surface area contributed by atoms with E-state index in [1.54, 1.807) is 6.07 Å². The second-order valence-corrected chi connectivity index (χ2v) is 4.98. The topological polar surface area (TPSA) is 15.3 Å². The first kappa shape index (κ1) is 13.0. The molecule has 0 saturated heterocycles. The minimum atomic E-state index is -0.185. The van der Waals surface area contributed by atoms with Gasteiger partial charge in [-0.05, 0) is 45.0 Å². The number of halogens is 1. The Balaban J connectivity index is 3.04. The molecular weight excluding hydrogens is 203 g/mol. The van der Waals surface area contributed by atoms with Crippen LogP contribution in [0.4, 0.5) is 10.1 Å². The van der Waals surface area contributed by atoms with E-state index in [0.29, 0.717) is 0 Å². The van der Waals surface area contributed by atoms with Gasteiger partial charge in [0.25, 0.3) is 0 Å². The smallest absolute Gasteiger partial charge is 0.125 e. The van der Waals surface area contributed by atoms with Crippen LogP contribution >= 0.6 is 0 Å². The summed E-state index contributed by atoms with van der Waals surface area (Å²) < 4.78 is 13.2. The van der Waals surface area contributed by atoms with Gasteiger partial charge >= 0.3 is 0 Å². The van der Waals surface area contributed by atoms with E-state index < -0.39 is 0 Å². The number of anilines is 1. The first-order valence-electron chi connectivity index (χ1n) is 5.50. The molecule has 0 aromatic heterocycles. The second-order valence-electron chi connectivity index (χ2n) is 4.98. The molecule has 0 radical (unpaired) electrons. The van der Waals surface area contributed by atoms with Gasteiger partial charge in [0, 0.05) is 25.3 Å². The first-order valence-corrected chi connectivity index (χ1v) is 5.50. The molecule has 3 heteroatoms. The standard InChI is InChI=1S/C13H21FN2/c1-13(2,15-3)9-10-6-7-11(14)8-12(10)16(4)5/h6-8,15H,9H2,1-5H3. The Hall–Kier alpha value is -1.09. The number of rotatable bonds is 4. The van der Waals surface area contributed by atoms with E-state index in [-0.39, 0.29) is 11.4 Å². The summed E-state index contributed by atoms with van der Waals surface area (Å²) in [6.07, 6.45) is 0.872. The van der Waals surface area contributed by atoms with E-state index in [4.69, 9.17) is 0 Å². The Labute approximate surface area is 97.5 Å². The van der Waals surface area contributed by atoms with Crippen LogP contribution in [0.3, 0.4) is 0 Å². The average Bonchev–Trinajstić information content (AvgIpc) is 2.20. The molecule has 0 atom stereocenters. The van der Waals surface area contributed by atoms with Crippen LogP contribution in [0.5, 0.6) is 0 Å². The highest BCUT2D eigenvalue weighted by Crippen LogP contribution is 2.24. The van der Waals surface area contributed by atoms with Crippen LogP contribution in [0, 0.1) is 5.82 Å². The molecular formula is C13H21FN2. The lowest BCUT2D eigenvalue weighted by Crippen LogP contribution is -2.38. The average molecular weight is 224 g/mol. The molecule has 0 aliphatic rings. The molecule has 1 N–H and O–H groups in total. The zero-order valence-electron chi connectivity index (χ0n) is 10.8. The minimum Gasteiger partial charge on any atom is -0.377 e. The summed E-state index contributed by atoms with van der Waals surface area (Å²) in [5.74, 6) is -0.185. The monoisotopic (exact) mass is 224 g/mol. The Morgan fingerprint density at radius 1 is 1.31 bits per heavy atom. The van der Waals surface area contributed by atoms with E-state index in [1.807, 2.05) is 32.1 Å². The summed E-state index contributed by atoms with van der Waals surface area (Å²) in [7, 11) is 5.81. The first-order chi connectivity index (χ1) is 7.35. The third kappa shape index (κ3) is 3.20. The number of nitrogens with one attached hydrogen (secondary N) is 1. The molecule has 0 amide bonds. The number of hydrogen-bond donors (Lipinski definition) is 1. The normalized spacial score (nSPS) is 11.6. The van der Waals surface area contributed by atoms with Gasteiger partial charge in [0.05, 0.1) is 0 Å². The Bertz CT molecular complexity index is 359. The van der Waals surface area contributed by atoms with E-state index in [9.17, 15) is 4.39 Å². The van der Waals surface area contributed by atoms with Gasteiger partial charge in [-0.3, -0.25) is 0 Å². The molecule has 0 fully saturated rings. The van der Waals surface area contributed by atoms with Crippen molar-refractivity contribution in [3.05, 3.63) is 29.6 Å². The maximum Gasteiger partial charge on any atom is 0.125 e. The van der Waals surface area contributed by atoms with Gasteiger partial charge in [0.1, 0.15) is 5.82 Å². The number of likely N-dealkylation sites (N-methyl/N-ethyl adjacent to an activating group) is 1. The van der Waals surface area contributed by atoms with Crippen LogP contribution in [0.25, 0.3) is 0 Å². The molecule has 0 aliphatic heterocycles. The minimum absolute atomic E-state index is 0.0165. The molecule has 0 spiro atoms. The highest BCUT2D eigenvalue weighted by Gasteiger charge is 2.18. The maximum absolute atomic E-state index is 13.2. The van der Waals surface area contributed by atoms with Crippen molar-refractivity contribution in [2.75, 3.05) is 26.0 Å². The van der Waals surface area contributed by atoms with E-state index >= 15 is 0 Å². The van der Waals surface area contributed by atoms with Crippen LogP contribution in [0.2, 0.25) is 0 Å². The van der Waals surface area contributed by atoms with Crippen molar-refractivity contribution in [1.29, 1.82) is 0 Å². The lowest BCUT2D eigenvalue weighted by atomic mass is 9.94. The highest BCUT2D eigenvalue weighted by atomic mass is 19.1. The van der Waals surface area contributed by atoms with Gasteiger partial charge in [-0.25, -0.2) is 4.39 Å². The zero-order chi connectivity index (χ0) is 12.3. The van der Waals surface area contributed by atoms with E-state index in [0.717, 1.165) is 17.7 Å². The summed E-state index contributed by atoms with van der Waals surface area (Å²) in [4.78, 5) is 1.95. The summed E-state index contributed by atoms with van der Waals surface area (Å²) in [6.45, 7) is 4.27. The van der Waals surface area contributed by atoms with Gasteiger partial charge in [-0.1, -0.05) is 6.07 Å². The van der Waals surface area contributed by atoms with Crippen molar-refractivity contribution in [2.45, 2.75) is 25.8 Å². The van der Waals surface area contributed by atoms with Gasteiger partial charge in [-0.15, -0.1) is 0 Å². The van der Waals surface area contributed by atoms with Crippen LogP contribution in [-0.2, 0) is 6.42 Å². The Morgan fingerprint density at radius 2 is 1.94 bits per heavy atom. The molecule has 90 valence electrons. The lowest BCUT2D eigenvalue weighted by Gasteiger charge is -2.27. The fourth-order valence-corrected chi connectivity index (χ4v) is 1.67. The molecule has 2 nitrogen and oxygen atoms in total. The summed E-state index contributed by atoms with van der Waals surface area (Å²) in [5.41, 5.74) is 2.12. The number of hydrogen-bond acceptors (Lipinski definition) is 2.